The molecule has 0 heterocycles. The van der Waals surface area contributed by atoms with Crippen molar-refractivity contribution < 1.29 is 9.13 Å². The molecule has 0 bridgehead atoms. The maximum Gasteiger partial charge on any atom is 0.123 e. The van der Waals surface area contributed by atoms with Gasteiger partial charge in [-0.05, 0) is 185 Å². The van der Waals surface area contributed by atoms with Gasteiger partial charge in [0.05, 0.1) is 6.10 Å². The van der Waals surface area contributed by atoms with Crippen LogP contribution in [0.5, 0.6) is 5.75 Å². The Labute approximate surface area is 546 Å². The van der Waals surface area contributed by atoms with E-state index in [0.29, 0.717) is 79.1 Å². The molecule has 84 heavy (non-hydrogen) atoms. The first kappa shape index (κ1) is 75.9. The molecule has 8 aromatic rings. The second-order valence-corrected chi connectivity index (χ2v) is 26.4. The molecular formula is C74H89Cl8FO. The van der Waals surface area contributed by atoms with Crippen molar-refractivity contribution in [3.63, 3.8) is 0 Å². The SMILES string of the molecule is CC(C)C(c1ccccc1)c1ccccc1.CC(C)Oc1cc(Cl)cc(Cl)c1.CC(C)[C@@H](C)c1cc(Cl)cc(Cl)c1.CC(C)[C@H](C)c1cc(Cl)cc(Cl)c1.CC(C)c1cc(Cl)cc(Cl)c1.CC(C)c1ccc(F)cc1.CC(C)c1ccccc1. The van der Waals surface area contributed by atoms with Gasteiger partial charge in [-0.15, -0.1) is 0 Å². The van der Waals surface area contributed by atoms with E-state index in [2.05, 4.69) is 182 Å². The van der Waals surface area contributed by atoms with Gasteiger partial charge in [-0.25, -0.2) is 4.39 Å². The van der Waals surface area contributed by atoms with E-state index in [1.165, 1.54) is 51.1 Å². The molecule has 0 aliphatic rings. The normalized spacial score (nSPS) is 11.4. The number of benzene rings is 8. The molecule has 8 rings (SSSR count). The van der Waals surface area contributed by atoms with Crippen LogP contribution >= 0.6 is 92.8 Å². The Morgan fingerprint density at radius 3 is 0.786 bits per heavy atom. The molecule has 0 aliphatic carbocycles. The number of hydrogen-bond acceptors (Lipinski definition) is 1. The molecule has 10 heteroatoms. The molecule has 0 N–H and O–H groups in total. The monoisotopic (exact) mass is 1290 g/mol. The van der Waals surface area contributed by atoms with Crippen molar-refractivity contribution in [2.45, 2.75) is 152 Å². The van der Waals surface area contributed by atoms with E-state index in [0.717, 1.165) is 20.1 Å². The third kappa shape index (κ3) is 30.9. The molecule has 0 radical (unpaired) electrons. The van der Waals surface area contributed by atoms with Gasteiger partial charge in [-0.3, -0.25) is 0 Å². The predicted molar refractivity (Wildman–Crippen MR) is 373 cm³/mol. The van der Waals surface area contributed by atoms with Gasteiger partial charge < -0.3 is 4.74 Å². The van der Waals surface area contributed by atoms with E-state index < -0.39 is 0 Å². The third-order valence-electron chi connectivity index (χ3n) is 13.6. The lowest BCUT2D eigenvalue weighted by molar-refractivity contribution is 0.242. The van der Waals surface area contributed by atoms with Gasteiger partial charge in [0.1, 0.15) is 11.6 Å². The average Bonchev–Trinajstić information content (AvgIpc) is 3.51. The van der Waals surface area contributed by atoms with Gasteiger partial charge in [0.2, 0.25) is 0 Å². The fourth-order valence-electron chi connectivity index (χ4n) is 8.19. The van der Waals surface area contributed by atoms with Crippen LogP contribution in [0.3, 0.4) is 0 Å². The van der Waals surface area contributed by atoms with Crippen LogP contribution in [0, 0.1) is 23.6 Å². The Morgan fingerprint density at radius 1 is 0.274 bits per heavy atom. The highest BCUT2D eigenvalue weighted by Crippen LogP contribution is 2.33. The van der Waals surface area contributed by atoms with Crippen molar-refractivity contribution in [2.75, 3.05) is 0 Å². The maximum atomic E-state index is 12.4. The Balaban J connectivity index is 0.000000337. The third-order valence-corrected chi connectivity index (χ3v) is 15.3. The van der Waals surface area contributed by atoms with Crippen LogP contribution in [0.1, 0.15) is 185 Å². The van der Waals surface area contributed by atoms with Crippen LogP contribution < -0.4 is 4.74 Å². The van der Waals surface area contributed by atoms with Gasteiger partial charge in [0.25, 0.3) is 0 Å². The highest BCUT2D eigenvalue weighted by Gasteiger charge is 2.17. The van der Waals surface area contributed by atoms with Crippen LogP contribution in [0.15, 0.2) is 188 Å². The van der Waals surface area contributed by atoms with Gasteiger partial charge in [-0.2, -0.15) is 0 Å². The molecule has 0 aliphatic heterocycles. The first-order chi connectivity index (χ1) is 39.5. The molecule has 0 aromatic heterocycles. The molecule has 0 fully saturated rings. The summed E-state index contributed by atoms with van der Waals surface area (Å²) in [5.41, 5.74) is 9.02. The van der Waals surface area contributed by atoms with Crippen molar-refractivity contribution in [3.05, 3.63) is 273 Å². The van der Waals surface area contributed by atoms with Gasteiger partial charge in [0, 0.05) is 46.1 Å². The summed E-state index contributed by atoms with van der Waals surface area (Å²) in [6.45, 7) is 34.4. The van der Waals surface area contributed by atoms with Crippen molar-refractivity contribution in [1.82, 2.24) is 0 Å². The molecule has 0 amide bonds. The topological polar surface area (TPSA) is 9.23 Å². The maximum absolute atomic E-state index is 12.4. The molecular weight excluding hydrogens is 1210 g/mol. The summed E-state index contributed by atoms with van der Waals surface area (Å²) in [5.74, 6) is 5.49. The van der Waals surface area contributed by atoms with Gasteiger partial charge in [-0.1, -0.05) is 293 Å². The lowest BCUT2D eigenvalue weighted by Gasteiger charge is -2.21. The zero-order valence-electron chi connectivity index (χ0n) is 52.0. The first-order valence-corrected chi connectivity index (χ1v) is 31.9. The van der Waals surface area contributed by atoms with Gasteiger partial charge >= 0.3 is 0 Å². The summed E-state index contributed by atoms with van der Waals surface area (Å²) in [5, 5.41) is 5.48. The highest BCUT2D eigenvalue weighted by atomic mass is 35.5. The number of hydrogen-bond donors (Lipinski definition) is 0. The number of ether oxygens (including phenoxy) is 1. The molecule has 2 atom stereocenters. The van der Waals surface area contributed by atoms with Crippen molar-refractivity contribution in [2.24, 2.45) is 17.8 Å². The van der Waals surface area contributed by atoms with E-state index in [1.54, 1.807) is 36.4 Å². The Kier molecular flexibility index (Phi) is 36.4. The van der Waals surface area contributed by atoms with E-state index in [1.807, 2.05) is 68.4 Å². The van der Waals surface area contributed by atoms with Crippen LogP contribution in [0.4, 0.5) is 4.39 Å². The summed E-state index contributed by atoms with van der Waals surface area (Å²) in [6, 6.07) is 60.9. The zero-order valence-corrected chi connectivity index (χ0v) is 58.0. The minimum absolute atomic E-state index is 0.138. The van der Waals surface area contributed by atoms with Crippen LogP contribution in [0.25, 0.3) is 0 Å². The van der Waals surface area contributed by atoms with E-state index >= 15 is 0 Å². The van der Waals surface area contributed by atoms with E-state index in [4.69, 9.17) is 97.5 Å². The number of rotatable bonds is 12. The minimum Gasteiger partial charge on any atom is -0.491 e. The quantitative estimate of drug-likeness (QED) is 0.118. The lowest BCUT2D eigenvalue weighted by atomic mass is 9.83. The second kappa shape index (κ2) is 40.3. The van der Waals surface area contributed by atoms with Crippen molar-refractivity contribution in [1.29, 1.82) is 0 Å². The Morgan fingerprint density at radius 2 is 0.536 bits per heavy atom. The Bertz CT molecular complexity index is 2870. The average molecular weight is 1300 g/mol. The minimum atomic E-state index is -0.163. The van der Waals surface area contributed by atoms with Crippen LogP contribution in [-0.4, -0.2) is 6.10 Å². The summed E-state index contributed by atoms with van der Waals surface area (Å²) in [6.07, 6.45) is 0.138. The molecule has 8 aromatic carbocycles. The van der Waals surface area contributed by atoms with Gasteiger partial charge in [0.15, 0.2) is 0 Å². The summed E-state index contributed by atoms with van der Waals surface area (Å²) >= 11 is 46.8. The summed E-state index contributed by atoms with van der Waals surface area (Å²) in [7, 11) is 0. The summed E-state index contributed by atoms with van der Waals surface area (Å²) < 4.78 is 17.8. The van der Waals surface area contributed by atoms with Crippen molar-refractivity contribution in [3.8, 4) is 5.75 Å². The first-order valence-electron chi connectivity index (χ1n) is 28.9. The smallest absolute Gasteiger partial charge is 0.123 e. The standard InChI is InChI=1S/C16H18.2C11H14Cl2.C9H10Cl2O.C9H10Cl2.C9H11F.C9H12/c1-13(2)16(14-9-5-3-6-10-14)15-11-7-4-8-12-15;2*1-7(2)8(3)9-4-10(12)6-11(13)5-9;1-6(2)12-9-4-7(10)3-8(11)5-9;1-6(2)7-3-8(10)5-9(11)4-7;1-7(2)8-3-5-9(10)6-4-8;1-8(2)9-6-4-3-5-7-9/h3-13,16H,1-2H3;2*4-8H,1-3H3;3-6H,1-2H3;3-6H,1-2H3;3-7H,1-2H3;3-8H,1-2H3/t;2*8-;;;;/m.10..../s1. The van der Waals surface area contributed by atoms with E-state index in [-0.39, 0.29) is 11.9 Å². The summed E-state index contributed by atoms with van der Waals surface area (Å²) in [4.78, 5) is 0. The fourth-order valence-corrected chi connectivity index (χ4v) is 10.3. The zero-order chi connectivity index (χ0) is 63.2. The fraction of sp³-hybridized carbons (Fsp3) is 0.351. The number of halogens is 9. The molecule has 1 nitrogen and oxygen atoms in total. The largest absolute Gasteiger partial charge is 0.491 e. The van der Waals surface area contributed by atoms with Crippen molar-refractivity contribution >= 4 is 92.8 Å². The predicted octanol–water partition coefficient (Wildman–Crippen LogP) is 27.6. The molecule has 0 spiro atoms. The van der Waals surface area contributed by atoms with Crippen LogP contribution in [0.2, 0.25) is 40.2 Å². The Hall–Kier alpha value is -4.19. The van der Waals surface area contributed by atoms with E-state index in [9.17, 15) is 4.39 Å². The molecule has 454 valence electrons. The molecule has 0 saturated carbocycles. The molecule has 0 saturated heterocycles. The second-order valence-electron chi connectivity index (χ2n) is 22.9. The van der Waals surface area contributed by atoms with Crippen LogP contribution in [-0.2, 0) is 0 Å². The highest BCUT2D eigenvalue weighted by molar-refractivity contribution is 6.36. The molecule has 0 unspecified atom stereocenters. The lowest BCUT2D eigenvalue weighted by Crippen LogP contribution is -2.08.